The lowest BCUT2D eigenvalue weighted by Crippen LogP contribution is -2.14. The summed E-state index contributed by atoms with van der Waals surface area (Å²) in [5.74, 6) is 4.82. The number of rotatable bonds is 13. The Hall–Kier alpha value is -0.240. The van der Waals surface area contributed by atoms with Crippen LogP contribution in [0.15, 0.2) is 0 Å². The molecule has 0 aliphatic heterocycles. The summed E-state index contributed by atoms with van der Waals surface area (Å²) >= 11 is 0. The first kappa shape index (κ1) is 15.8. The van der Waals surface area contributed by atoms with E-state index in [0.717, 1.165) is 6.61 Å². The Bertz CT molecular complexity index is 112. The number of ether oxygens (including phenoxy) is 4. The zero-order valence-electron chi connectivity index (χ0n) is 9.98. The highest BCUT2D eigenvalue weighted by Gasteiger charge is 1.91. The van der Waals surface area contributed by atoms with Crippen molar-refractivity contribution in [2.75, 3.05) is 59.5 Å². The fourth-order valence-corrected chi connectivity index (χ4v) is 0.911. The van der Waals surface area contributed by atoms with Crippen LogP contribution in [-0.4, -0.2) is 59.5 Å². The average molecular weight is 237 g/mol. The van der Waals surface area contributed by atoms with Gasteiger partial charge in [-0.15, -0.1) is 0 Å². The third kappa shape index (κ3) is 13.8. The second kappa shape index (κ2) is 14.8. The van der Waals surface area contributed by atoms with Crippen LogP contribution in [0, 0.1) is 0 Å². The highest BCUT2D eigenvalue weighted by Crippen LogP contribution is 1.82. The molecule has 0 aromatic carbocycles. The van der Waals surface area contributed by atoms with Gasteiger partial charge in [0, 0.05) is 6.61 Å². The third-order valence-electron chi connectivity index (χ3n) is 1.67. The quantitative estimate of drug-likeness (QED) is 0.358. The van der Waals surface area contributed by atoms with Crippen molar-refractivity contribution in [2.24, 2.45) is 5.90 Å². The molecule has 0 rings (SSSR count). The van der Waals surface area contributed by atoms with Crippen LogP contribution in [0.2, 0.25) is 0 Å². The largest absolute Gasteiger partial charge is 0.379 e. The van der Waals surface area contributed by atoms with Gasteiger partial charge in [-0.25, -0.2) is 5.90 Å². The highest BCUT2D eigenvalue weighted by atomic mass is 16.6. The Balaban J connectivity index is 2.83. The van der Waals surface area contributed by atoms with Crippen LogP contribution < -0.4 is 5.90 Å². The minimum Gasteiger partial charge on any atom is -0.379 e. The van der Waals surface area contributed by atoms with E-state index < -0.39 is 0 Å². The van der Waals surface area contributed by atoms with Crippen LogP contribution in [0.4, 0.5) is 0 Å². The Morgan fingerprint density at radius 2 is 1.00 bits per heavy atom. The van der Waals surface area contributed by atoms with E-state index in [4.69, 9.17) is 24.8 Å². The van der Waals surface area contributed by atoms with Crippen molar-refractivity contribution in [1.82, 2.24) is 0 Å². The molecule has 6 heteroatoms. The molecule has 0 unspecified atom stereocenters. The first-order chi connectivity index (χ1) is 7.91. The molecule has 0 radical (unpaired) electrons. The minimum absolute atomic E-state index is 0.403. The van der Waals surface area contributed by atoms with Crippen molar-refractivity contribution in [3.05, 3.63) is 0 Å². The van der Waals surface area contributed by atoms with Gasteiger partial charge < -0.3 is 23.8 Å². The molecule has 0 spiro atoms. The van der Waals surface area contributed by atoms with Crippen LogP contribution in [0.3, 0.4) is 0 Å². The van der Waals surface area contributed by atoms with Gasteiger partial charge in [0.15, 0.2) is 0 Å². The summed E-state index contributed by atoms with van der Waals surface area (Å²) in [7, 11) is 0. The molecular weight excluding hydrogens is 214 g/mol. The molecule has 0 aliphatic rings. The van der Waals surface area contributed by atoms with Crippen molar-refractivity contribution < 1.29 is 23.8 Å². The van der Waals surface area contributed by atoms with E-state index in [0.29, 0.717) is 52.9 Å². The van der Waals surface area contributed by atoms with Crippen LogP contribution in [0.25, 0.3) is 0 Å². The monoisotopic (exact) mass is 237 g/mol. The molecule has 0 aromatic heterocycles. The number of hydrogen-bond donors (Lipinski definition) is 1. The standard InChI is InChI=1S/C10H23NO5/c1-2-12-3-4-13-5-6-14-7-8-15-9-10-16-11/h2-11H2,1H3. The molecule has 0 fully saturated rings. The van der Waals surface area contributed by atoms with Gasteiger partial charge in [-0.2, -0.15) is 0 Å². The maximum absolute atomic E-state index is 5.26. The van der Waals surface area contributed by atoms with E-state index in [9.17, 15) is 0 Å². The Labute approximate surface area is 96.9 Å². The third-order valence-corrected chi connectivity index (χ3v) is 1.67. The molecule has 0 amide bonds. The Morgan fingerprint density at radius 3 is 1.38 bits per heavy atom. The van der Waals surface area contributed by atoms with Crippen molar-refractivity contribution >= 4 is 0 Å². The summed E-state index contributed by atoms with van der Waals surface area (Å²) in [6, 6.07) is 0. The SMILES string of the molecule is CCOCCOCCOCCOCCON. The van der Waals surface area contributed by atoms with Gasteiger partial charge in [0.1, 0.15) is 0 Å². The fourth-order valence-electron chi connectivity index (χ4n) is 0.911. The number of nitrogens with two attached hydrogens (primary N) is 1. The number of hydrogen-bond acceptors (Lipinski definition) is 6. The van der Waals surface area contributed by atoms with Crippen molar-refractivity contribution in [3.8, 4) is 0 Å². The molecule has 16 heavy (non-hydrogen) atoms. The van der Waals surface area contributed by atoms with Crippen molar-refractivity contribution in [2.45, 2.75) is 6.92 Å². The lowest BCUT2D eigenvalue weighted by atomic mass is 10.7. The van der Waals surface area contributed by atoms with Gasteiger partial charge in [0.2, 0.25) is 0 Å². The molecule has 0 atom stereocenters. The van der Waals surface area contributed by atoms with E-state index in [1.807, 2.05) is 6.92 Å². The fraction of sp³-hybridized carbons (Fsp3) is 1.00. The smallest absolute Gasteiger partial charge is 0.0913 e. The summed E-state index contributed by atoms with van der Waals surface area (Å²) < 4.78 is 20.8. The van der Waals surface area contributed by atoms with Crippen LogP contribution in [0.1, 0.15) is 6.92 Å². The van der Waals surface area contributed by atoms with Gasteiger partial charge in [0.25, 0.3) is 0 Å². The second-order valence-corrected chi connectivity index (χ2v) is 2.90. The maximum atomic E-state index is 5.26. The van der Waals surface area contributed by atoms with Gasteiger partial charge in [0.05, 0.1) is 52.9 Å². The van der Waals surface area contributed by atoms with E-state index in [2.05, 4.69) is 4.84 Å². The zero-order valence-corrected chi connectivity index (χ0v) is 9.98. The maximum Gasteiger partial charge on any atom is 0.0913 e. The topological polar surface area (TPSA) is 72.2 Å². The molecule has 0 bridgehead atoms. The van der Waals surface area contributed by atoms with Gasteiger partial charge in [-0.1, -0.05) is 0 Å². The van der Waals surface area contributed by atoms with E-state index in [-0.39, 0.29) is 0 Å². The zero-order chi connectivity index (χ0) is 11.9. The first-order valence-electron chi connectivity index (χ1n) is 5.54. The molecule has 0 aromatic rings. The predicted octanol–water partition coefficient (Wildman–Crippen LogP) is -0.0370. The van der Waals surface area contributed by atoms with Gasteiger partial charge in [-0.05, 0) is 6.92 Å². The predicted molar refractivity (Wildman–Crippen MR) is 59.1 cm³/mol. The molecule has 6 nitrogen and oxygen atoms in total. The summed E-state index contributed by atoms with van der Waals surface area (Å²) in [5.41, 5.74) is 0. The van der Waals surface area contributed by atoms with Crippen LogP contribution in [0.5, 0.6) is 0 Å². The highest BCUT2D eigenvalue weighted by molar-refractivity contribution is 4.34. The minimum atomic E-state index is 0.403. The Kier molecular flexibility index (Phi) is 14.5. The van der Waals surface area contributed by atoms with Crippen molar-refractivity contribution in [1.29, 1.82) is 0 Å². The summed E-state index contributed by atoms with van der Waals surface area (Å²) in [6.45, 7) is 7.08. The van der Waals surface area contributed by atoms with Crippen LogP contribution >= 0.6 is 0 Å². The second-order valence-electron chi connectivity index (χ2n) is 2.90. The lowest BCUT2D eigenvalue weighted by molar-refractivity contribution is -0.0104. The average Bonchev–Trinajstić information content (AvgIpc) is 2.31. The summed E-state index contributed by atoms with van der Waals surface area (Å²) in [5, 5.41) is 0. The van der Waals surface area contributed by atoms with Crippen LogP contribution in [-0.2, 0) is 23.8 Å². The van der Waals surface area contributed by atoms with E-state index in [1.54, 1.807) is 0 Å². The summed E-state index contributed by atoms with van der Waals surface area (Å²) in [4.78, 5) is 4.34. The molecule has 0 heterocycles. The molecular formula is C10H23NO5. The molecule has 0 aliphatic carbocycles. The normalized spacial score (nSPS) is 10.9. The van der Waals surface area contributed by atoms with Crippen molar-refractivity contribution in [3.63, 3.8) is 0 Å². The van der Waals surface area contributed by atoms with E-state index >= 15 is 0 Å². The van der Waals surface area contributed by atoms with E-state index in [1.165, 1.54) is 0 Å². The summed E-state index contributed by atoms with van der Waals surface area (Å²) in [6.07, 6.45) is 0. The van der Waals surface area contributed by atoms with Gasteiger partial charge >= 0.3 is 0 Å². The molecule has 2 N–H and O–H groups in total. The molecule has 0 saturated carbocycles. The first-order valence-corrected chi connectivity index (χ1v) is 5.54. The lowest BCUT2D eigenvalue weighted by Gasteiger charge is -2.06. The van der Waals surface area contributed by atoms with Gasteiger partial charge in [-0.3, -0.25) is 0 Å². The Morgan fingerprint density at radius 1 is 0.625 bits per heavy atom. The molecule has 98 valence electrons. The molecule has 0 saturated heterocycles.